The van der Waals surface area contributed by atoms with Gasteiger partial charge < -0.3 is 9.73 Å². The van der Waals surface area contributed by atoms with Gasteiger partial charge in [0, 0.05) is 11.3 Å². The Balaban J connectivity index is 1.69. The van der Waals surface area contributed by atoms with E-state index in [4.69, 9.17) is 4.42 Å². The first-order chi connectivity index (χ1) is 12.8. The van der Waals surface area contributed by atoms with E-state index in [0.717, 1.165) is 16.8 Å². The molecule has 0 aliphatic rings. The summed E-state index contributed by atoms with van der Waals surface area (Å²) in [5.41, 5.74) is 2.60. The highest BCUT2D eigenvalue weighted by Gasteiger charge is 2.21. The molecular weight excluding hydrogens is 329 g/mol. The molecule has 1 N–H and O–H groups in total. The summed E-state index contributed by atoms with van der Waals surface area (Å²) in [5, 5.41) is 11.7. The molecular formula is C21H16FN3O. The van der Waals surface area contributed by atoms with Gasteiger partial charge in [0.15, 0.2) is 0 Å². The second-order valence-electron chi connectivity index (χ2n) is 5.81. The molecule has 128 valence electrons. The van der Waals surface area contributed by atoms with E-state index in [0.29, 0.717) is 11.8 Å². The predicted molar refractivity (Wildman–Crippen MR) is 98.0 cm³/mol. The first-order valence-corrected chi connectivity index (χ1v) is 8.25. The van der Waals surface area contributed by atoms with E-state index in [9.17, 15) is 4.39 Å². The van der Waals surface area contributed by atoms with Gasteiger partial charge in [-0.05, 0) is 42.0 Å². The summed E-state index contributed by atoms with van der Waals surface area (Å²) in [6.45, 7) is 0. The summed E-state index contributed by atoms with van der Waals surface area (Å²) < 4.78 is 19.1. The van der Waals surface area contributed by atoms with E-state index in [1.165, 1.54) is 12.1 Å². The smallest absolute Gasteiger partial charge is 0.247 e. The van der Waals surface area contributed by atoms with Gasteiger partial charge in [-0.2, -0.15) is 0 Å². The van der Waals surface area contributed by atoms with Crippen LogP contribution in [0.2, 0.25) is 0 Å². The fraction of sp³-hybridized carbons (Fsp3) is 0.0476. The number of aromatic nitrogens is 2. The van der Waals surface area contributed by atoms with Crippen molar-refractivity contribution in [2.75, 3.05) is 5.32 Å². The Morgan fingerprint density at radius 2 is 1.42 bits per heavy atom. The van der Waals surface area contributed by atoms with Crippen LogP contribution >= 0.6 is 0 Å². The van der Waals surface area contributed by atoms with Gasteiger partial charge in [-0.15, -0.1) is 10.2 Å². The van der Waals surface area contributed by atoms with Crippen molar-refractivity contribution in [1.82, 2.24) is 10.2 Å². The fourth-order valence-corrected chi connectivity index (χ4v) is 2.69. The van der Waals surface area contributed by atoms with Crippen LogP contribution in [0.5, 0.6) is 0 Å². The number of nitrogens with one attached hydrogen (secondary N) is 1. The molecule has 0 bridgehead atoms. The van der Waals surface area contributed by atoms with Crippen LogP contribution in [0.1, 0.15) is 17.5 Å². The molecule has 26 heavy (non-hydrogen) atoms. The predicted octanol–water partition coefficient (Wildman–Crippen LogP) is 5.08. The molecule has 0 saturated carbocycles. The fourth-order valence-electron chi connectivity index (χ4n) is 2.69. The number of anilines is 1. The van der Waals surface area contributed by atoms with Crippen LogP contribution in [-0.2, 0) is 0 Å². The normalized spacial score (nSPS) is 11.9. The molecule has 1 atom stereocenters. The van der Waals surface area contributed by atoms with Crippen LogP contribution in [-0.4, -0.2) is 10.2 Å². The molecule has 0 aliphatic carbocycles. The molecule has 4 aromatic rings. The molecule has 4 nitrogen and oxygen atoms in total. The number of halogens is 1. The molecule has 0 fully saturated rings. The van der Waals surface area contributed by atoms with E-state index in [2.05, 4.69) is 15.5 Å². The van der Waals surface area contributed by atoms with Crippen molar-refractivity contribution in [2.45, 2.75) is 6.04 Å². The minimum absolute atomic E-state index is 0.282. The maximum atomic E-state index is 13.2. The number of hydrogen-bond acceptors (Lipinski definition) is 4. The van der Waals surface area contributed by atoms with Gasteiger partial charge in [0.2, 0.25) is 11.8 Å². The summed E-state index contributed by atoms with van der Waals surface area (Å²) in [6, 6.07) is 25.3. The summed E-state index contributed by atoms with van der Waals surface area (Å²) in [4.78, 5) is 0. The highest BCUT2D eigenvalue weighted by atomic mass is 19.1. The standard InChI is InChI=1S/C21H16FN3O/c22-17-11-13-18(14-12-17)23-19(15-7-3-1-4-8-15)21-25-24-20(26-21)16-9-5-2-6-10-16/h1-14,19,23H/t19-/m1/s1. The lowest BCUT2D eigenvalue weighted by atomic mass is 10.1. The van der Waals surface area contributed by atoms with Crippen LogP contribution in [0.25, 0.3) is 11.5 Å². The van der Waals surface area contributed by atoms with Gasteiger partial charge in [0.25, 0.3) is 0 Å². The van der Waals surface area contributed by atoms with E-state index in [-0.39, 0.29) is 11.9 Å². The van der Waals surface area contributed by atoms with Crippen LogP contribution in [0.15, 0.2) is 89.3 Å². The average Bonchev–Trinajstić information content (AvgIpc) is 3.19. The van der Waals surface area contributed by atoms with Crippen molar-refractivity contribution in [2.24, 2.45) is 0 Å². The molecule has 5 heteroatoms. The summed E-state index contributed by atoms with van der Waals surface area (Å²) in [6.07, 6.45) is 0. The van der Waals surface area contributed by atoms with Gasteiger partial charge >= 0.3 is 0 Å². The second kappa shape index (κ2) is 7.19. The summed E-state index contributed by atoms with van der Waals surface area (Å²) in [5.74, 6) is 0.623. The Kier molecular flexibility index (Phi) is 4.43. The molecule has 0 spiro atoms. The van der Waals surface area contributed by atoms with Crippen molar-refractivity contribution in [1.29, 1.82) is 0 Å². The number of benzene rings is 3. The molecule has 1 aromatic heterocycles. The lowest BCUT2D eigenvalue weighted by Gasteiger charge is -2.17. The molecule has 0 aliphatic heterocycles. The van der Waals surface area contributed by atoms with Crippen molar-refractivity contribution in [3.8, 4) is 11.5 Å². The number of nitrogens with zero attached hydrogens (tertiary/aromatic N) is 2. The monoisotopic (exact) mass is 345 g/mol. The van der Waals surface area contributed by atoms with Crippen molar-refractivity contribution < 1.29 is 8.81 Å². The van der Waals surface area contributed by atoms with Crippen LogP contribution < -0.4 is 5.32 Å². The zero-order chi connectivity index (χ0) is 17.8. The highest BCUT2D eigenvalue weighted by molar-refractivity contribution is 5.52. The van der Waals surface area contributed by atoms with Gasteiger partial charge in [-0.1, -0.05) is 48.5 Å². The highest BCUT2D eigenvalue weighted by Crippen LogP contribution is 2.28. The third-order valence-corrected chi connectivity index (χ3v) is 4.00. The summed E-state index contributed by atoms with van der Waals surface area (Å²) in [7, 11) is 0. The Morgan fingerprint density at radius 1 is 0.769 bits per heavy atom. The zero-order valence-electron chi connectivity index (χ0n) is 13.8. The van der Waals surface area contributed by atoms with Gasteiger partial charge in [0.05, 0.1) is 0 Å². The molecule has 0 saturated heterocycles. The van der Waals surface area contributed by atoms with Gasteiger partial charge in [-0.3, -0.25) is 0 Å². The van der Waals surface area contributed by atoms with Crippen molar-refractivity contribution >= 4 is 5.69 Å². The Hall–Kier alpha value is -3.47. The van der Waals surface area contributed by atoms with E-state index in [1.807, 2.05) is 60.7 Å². The Morgan fingerprint density at radius 3 is 2.12 bits per heavy atom. The van der Waals surface area contributed by atoms with Gasteiger partial charge in [-0.25, -0.2) is 4.39 Å². The van der Waals surface area contributed by atoms with Crippen LogP contribution in [0.4, 0.5) is 10.1 Å². The largest absolute Gasteiger partial charge is 0.418 e. The topological polar surface area (TPSA) is 51.0 Å². The number of rotatable bonds is 5. The third kappa shape index (κ3) is 3.47. The van der Waals surface area contributed by atoms with Crippen molar-refractivity contribution in [3.05, 3.63) is 102 Å². The van der Waals surface area contributed by atoms with Gasteiger partial charge in [0.1, 0.15) is 11.9 Å². The minimum Gasteiger partial charge on any atom is -0.418 e. The lowest BCUT2D eigenvalue weighted by molar-refractivity contribution is 0.494. The van der Waals surface area contributed by atoms with Crippen LogP contribution in [0, 0.1) is 5.82 Å². The van der Waals surface area contributed by atoms with E-state index < -0.39 is 0 Å². The SMILES string of the molecule is Fc1ccc(N[C@H](c2ccccc2)c2nnc(-c3ccccc3)o2)cc1. The maximum absolute atomic E-state index is 13.2. The maximum Gasteiger partial charge on any atom is 0.247 e. The van der Waals surface area contributed by atoms with E-state index >= 15 is 0 Å². The summed E-state index contributed by atoms with van der Waals surface area (Å²) >= 11 is 0. The average molecular weight is 345 g/mol. The van der Waals surface area contributed by atoms with Crippen molar-refractivity contribution in [3.63, 3.8) is 0 Å². The Bertz CT molecular complexity index is 969. The Labute approximate surface area is 150 Å². The molecule has 4 rings (SSSR count). The first kappa shape index (κ1) is 16.0. The molecule has 0 radical (unpaired) electrons. The number of hydrogen-bond donors (Lipinski definition) is 1. The molecule has 1 heterocycles. The zero-order valence-corrected chi connectivity index (χ0v) is 13.8. The van der Waals surface area contributed by atoms with Crippen LogP contribution in [0.3, 0.4) is 0 Å². The molecule has 3 aromatic carbocycles. The quantitative estimate of drug-likeness (QED) is 0.548. The molecule has 0 unspecified atom stereocenters. The molecule has 0 amide bonds. The third-order valence-electron chi connectivity index (χ3n) is 4.00. The lowest BCUT2D eigenvalue weighted by Crippen LogP contribution is -2.12. The minimum atomic E-state index is -0.341. The first-order valence-electron chi connectivity index (χ1n) is 8.25. The second-order valence-corrected chi connectivity index (χ2v) is 5.81. The van der Waals surface area contributed by atoms with E-state index in [1.54, 1.807) is 12.1 Å².